The number of carbonyl (C=O) groups excluding carboxylic acids is 1. The average Bonchev–Trinajstić information content (AvgIpc) is 2.06. The number of rotatable bonds is 2. The molecule has 12 heavy (non-hydrogen) atoms. The van der Waals surface area contributed by atoms with Crippen molar-refractivity contribution in [1.82, 2.24) is 0 Å². The largest absolute Gasteiger partial charge is 0.508 e. The molecule has 0 spiro atoms. The lowest BCUT2D eigenvalue weighted by molar-refractivity contribution is 0.112. The van der Waals surface area contributed by atoms with Gasteiger partial charge in [0.2, 0.25) is 0 Å². The van der Waals surface area contributed by atoms with Gasteiger partial charge in [0.05, 0.1) is 0 Å². The highest BCUT2D eigenvalue weighted by atomic mass is 16.3. The molecule has 0 unspecified atom stereocenters. The lowest BCUT2D eigenvalue weighted by Crippen LogP contribution is -1.93. The fourth-order valence-corrected chi connectivity index (χ4v) is 1.33. The molecule has 0 saturated carbocycles. The smallest absolute Gasteiger partial charge is 0.150 e. The van der Waals surface area contributed by atoms with E-state index in [0.29, 0.717) is 5.56 Å². The van der Waals surface area contributed by atoms with Crippen molar-refractivity contribution in [2.75, 3.05) is 0 Å². The molecule has 0 aromatic heterocycles. The van der Waals surface area contributed by atoms with Crippen LogP contribution in [-0.4, -0.2) is 11.4 Å². The Morgan fingerprint density at radius 1 is 1.50 bits per heavy atom. The van der Waals surface area contributed by atoms with Crippen LogP contribution in [0.3, 0.4) is 0 Å². The summed E-state index contributed by atoms with van der Waals surface area (Å²) in [6.45, 7) is 3.80. The number of phenols is 1. The zero-order valence-electron chi connectivity index (χ0n) is 7.29. The van der Waals surface area contributed by atoms with Crippen LogP contribution < -0.4 is 0 Å². The SMILES string of the molecule is CCc1c(O)ccc(C=O)c1C. The van der Waals surface area contributed by atoms with Crippen molar-refractivity contribution < 1.29 is 9.90 Å². The summed E-state index contributed by atoms with van der Waals surface area (Å²) in [7, 11) is 0. The minimum absolute atomic E-state index is 0.278. The monoisotopic (exact) mass is 164 g/mol. The molecule has 0 aliphatic rings. The third-order valence-electron chi connectivity index (χ3n) is 2.10. The molecule has 2 nitrogen and oxygen atoms in total. The zero-order valence-corrected chi connectivity index (χ0v) is 7.29. The highest BCUT2D eigenvalue weighted by Gasteiger charge is 2.05. The van der Waals surface area contributed by atoms with Crippen LogP contribution in [0.2, 0.25) is 0 Å². The molecule has 2 heteroatoms. The van der Waals surface area contributed by atoms with Crippen molar-refractivity contribution in [2.45, 2.75) is 20.3 Å². The average molecular weight is 164 g/mol. The molecule has 0 fully saturated rings. The fraction of sp³-hybridized carbons (Fsp3) is 0.300. The molecule has 0 aliphatic heterocycles. The lowest BCUT2D eigenvalue weighted by atomic mass is 10.0. The molecule has 0 heterocycles. The Morgan fingerprint density at radius 2 is 2.17 bits per heavy atom. The predicted octanol–water partition coefficient (Wildman–Crippen LogP) is 2.08. The summed E-state index contributed by atoms with van der Waals surface area (Å²) >= 11 is 0. The van der Waals surface area contributed by atoms with Gasteiger partial charge in [0.25, 0.3) is 0 Å². The van der Waals surface area contributed by atoms with Crippen LogP contribution in [0.15, 0.2) is 12.1 Å². The topological polar surface area (TPSA) is 37.3 Å². The Kier molecular flexibility index (Phi) is 2.48. The van der Waals surface area contributed by atoms with Gasteiger partial charge in [-0.3, -0.25) is 4.79 Å². The number of carbonyl (C=O) groups is 1. The summed E-state index contributed by atoms with van der Waals surface area (Å²) < 4.78 is 0. The van der Waals surface area contributed by atoms with Crippen LogP contribution >= 0.6 is 0 Å². The number of hydrogen-bond donors (Lipinski definition) is 1. The van der Waals surface area contributed by atoms with E-state index in [0.717, 1.165) is 23.8 Å². The van der Waals surface area contributed by atoms with Crippen molar-refractivity contribution >= 4 is 6.29 Å². The maximum absolute atomic E-state index is 10.5. The Hall–Kier alpha value is -1.31. The zero-order chi connectivity index (χ0) is 9.14. The normalized spacial score (nSPS) is 9.83. The van der Waals surface area contributed by atoms with Crippen molar-refractivity contribution in [3.63, 3.8) is 0 Å². The van der Waals surface area contributed by atoms with Gasteiger partial charge in [0, 0.05) is 5.56 Å². The second-order valence-corrected chi connectivity index (χ2v) is 2.75. The third kappa shape index (κ3) is 1.33. The highest BCUT2D eigenvalue weighted by Crippen LogP contribution is 2.23. The molecule has 1 rings (SSSR count). The van der Waals surface area contributed by atoms with Gasteiger partial charge in [0.15, 0.2) is 0 Å². The summed E-state index contributed by atoms with van der Waals surface area (Å²) in [5, 5.41) is 9.40. The van der Waals surface area contributed by atoms with Crippen LogP contribution in [0.25, 0.3) is 0 Å². The lowest BCUT2D eigenvalue weighted by Gasteiger charge is -2.07. The Balaban J connectivity index is 3.33. The van der Waals surface area contributed by atoms with E-state index in [2.05, 4.69) is 0 Å². The van der Waals surface area contributed by atoms with Gasteiger partial charge in [-0.2, -0.15) is 0 Å². The number of benzene rings is 1. The minimum atomic E-state index is 0.278. The van der Waals surface area contributed by atoms with Crippen molar-refractivity contribution in [1.29, 1.82) is 0 Å². The molecular weight excluding hydrogens is 152 g/mol. The maximum atomic E-state index is 10.5. The number of hydrogen-bond acceptors (Lipinski definition) is 2. The summed E-state index contributed by atoms with van der Waals surface area (Å²) in [6, 6.07) is 3.20. The van der Waals surface area contributed by atoms with Crippen molar-refractivity contribution in [3.8, 4) is 5.75 Å². The highest BCUT2D eigenvalue weighted by molar-refractivity contribution is 5.78. The van der Waals surface area contributed by atoms with Crippen molar-refractivity contribution in [2.24, 2.45) is 0 Å². The van der Waals surface area contributed by atoms with Gasteiger partial charge in [0.1, 0.15) is 12.0 Å². The van der Waals surface area contributed by atoms with Gasteiger partial charge in [-0.05, 0) is 36.6 Å². The number of phenolic OH excluding ortho intramolecular Hbond substituents is 1. The summed E-state index contributed by atoms with van der Waals surface area (Å²) in [6.07, 6.45) is 1.56. The second kappa shape index (κ2) is 3.39. The van der Waals surface area contributed by atoms with E-state index in [1.165, 1.54) is 0 Å². The molecule has 1 aromatic rings. The molecule has 0 aliphatic carbocycles. The Morgan fingerprint density at radius 3 is 2.67 bits per heavy atom. The van der Waals surface area contributed by atoms with E-state index >= 15 is 0 Å². The predicted molar refractivity (Wildman–Crippen MR) is 47.6 cm³/mol. The first-order valence-corrected chi connectivity index (χ1v) is 3.97. The Bertz CT molecular complexity index is 303. The summed E-state index contributed by atoms with van der Waals surface area (Å²) in [5.74, 6) is 0.278. The van der Waals surface area contributed by atoms with E-state index in [-0.39, 0.29) is 5.75 Å². The maximum Gasteiger partial charge on any atom is 0.150 e. The minimum Gasteiger partial charge on any atom is -0.508 e. The summed E-state index contributed by atoms with van der Waals surface area (Å²) in [4.78, 5) is 10.5. The first-order chi connectivity index (χ1) is 5.70. The fourth-order valence-electron chi connectivity index (χ4n) is 1.33. The first kappa shape index (κ1) is 8.78. The van der Waals surface area contributed by atoms with E-state index in [9.17, 15) is 9.90 Å². The standard InChI is InChI=1S/C10H12O2/c1-3-9-7(2)8(6-11)4-5-10(9)12/h4-6,12H,3H2,1-2H3. The van der Waals surface area contributed by atoms with Gasteiger partial charge >= 0.3 is 0 Å². The quantitative estimate of drug-likeness (QED) is 0.679. The molecule has 0 radical (unpaired) electrons. The first-order valence-electron chi connectivity index (χ1n) is 3.97. The van der Waals surface area contributed by atoms with Crippen molar-refractivity contribution in [3.05, 3.63) is 28.8 Å². The third-order valence-corrected chi connectivity index (χ3v) is 2.10. The molecule has 1 N–H and O–H groups in total. The number of aldehydes is 1. The molecule has 0 atom stereocenters. The molecule has 0 bridgehead atoms. The van der Waals surface area contributed by atoms with Gasteiger partial charge < -0.3 is 5.11 Å². The van der Waals surface area contributed by atoms with E-state index < -0.39 is 0 Å². The molecular formula is C10H12O2. The van der Waals surface area contributed by atoms with Crippen LogP contribution in [0.4, 0.5) is 0 Å². The van der Waals surface area contributed by atoms with Gasteiger partial charge in [-0.25, -0.2) is 0 Å². The second-order valence-electron chi connectivity index (χ2n) is 2.75. The van der Waals surface area contributed by atoms with E-state index in [1.54, 1.807) is 12.1 Å². The van der Waals surface area contributed by atoms with Crippen LogP contribution in [0, 0.1) is 6.92 Å². The van der Waals surface area contributed by atoms with E-state index in [4.69, 9.17) is 0 Å². The van der Waals surface area contributed by atoms with Gasteiger partial charge in [-0.15, -0.1) is 0 Å². The molecule has 1 aromatic carbocycles. The summed E-state index contributed by atoms with van der Waals surface area (Å²) in [5.41, 5.74) is 2.40. The molecule has 0 saturated heterocycles. The Labute approximate surface area is 71.8 Å². The van der Waals surface area contributed by atoms with Gasteiger partial charge in [-0.1, -0.05) is 6.92 Å². The molecule has 0 amide bonds. The van der Waals surface area contributed by atoms with E-state index in [1.807, 2.05) is 13.8 Å². The molecule has 64 valence electrons. The van der Waals surface area contributed by atoms with Crippen LogP contribution in [-0.2, 0) is 6.42 Å². The van der Waals surface area contributed by atoms with Crippen LogP contribution in [0.5, 0.6) is 5.75 Å². The van der Waals surface area contributed by atoms with Crippen LogP contribution in [0.1, 0.15) is 28.4 Å². The number of aromatic hydroxyl groups is 1.